The monoisotopic (exact) mass is 365 g/mol. The first-order valence-corrected chi connectivity index (χ1v) is 9.22. The number of benzene rings is 2. The summed E-state index contributed by atoms with van der Waals surface area (Å²) in [5.41, 5.74) is 3.10. The molecule has 0 saturated carbocycles. The number of rotatable bonds is 5. The number of hydrogen-bond donors (Lipinski definition) is 0. The number of fused-ring (bicyclic) bond motifs is 1. The van der Waals surface area contributed by atoms with Gasteiger partial charge in [-0.3, -0.25) is 4.79 Å². The van der Waals surface area contributed by atoms with Crippen LogP contribution in [0.2, 0.25) is 0 Å². The summed E-state index contributed by atoms with van der Waals surface area (Å²) in [7, 11) is 1.62. The maximum atomic E-state index is 12.6. The molecule has 1 aromatic heterocycles. The van der Waals surface area contributed by atoms with E-state index in [-0.39, 0.29) is 11.0 Å². The van der Waals surface area contributed by atoms with Gasteiger partial charge in [0.05, 0.1) is 19.2 Å². The van der Waals surface area contributed by atoms with Crippen molar-refractivity contribution in [3.05, 3.63) is 70.0 Å². The number of nitrogens with zero attached hydrogens (tertiary/aromatic N) is 1. The molecule has 0 atom stereocenters. The maximum Gasteiger partial charge on any atom is 0.251 e. The molecule has 0 amide bonds. The van der Waals surface area contributed by atoms with Gasteiger partial charge in [-0.1, -0.05) is 45.0 Å². The summed E-state index contributed by atoms with van der Waals surface area (Å²) in [5.74, 6) is 1.50. The normalized spacial score (nSPS) is 11.6. The highest BCUT2D eigenvalue weighted by Gasteiger charge is 2.13. The van der Waals surface area contributed by atoms with Gasteiger partial charge in [0, 0.05) is 11.5 Å². The molecule has 4 nitrogen and oxygen atoms in total. The zero-order valence-electron chi connectivity index (χ0n) is 16.7. The summed E-state index contributed by atoms with van der Waals surface area (Å²) in [6.45, 7) is 9.37. The van der Waals surface area contributed by atoms with Gasteiger partial charge in [0.25, 0.3) is 5.56 Å². The number of para-hydroxylation sites is 1. The van der Waals surface area contributed by atoms with Crippen molar-refractivity contribution in [1.29, 1.82) is 0 Å². The van der Waals surface area contributed by atoms with Gasteiger partial charge in [0.2, 0.25) is 0 Å². The molecule has 0 aliphatic carbocycles. The third-order valence-corrected chi connectivity index (χ3v) is 4.82. The largest absolute Gasteiger partial charge is 0.495 e. The molecule has 2 aromatic carbocycles. The summed E-state index contributed by atoms with van der Waals surface area (Å²) in [4.78, 5) is 12.6. The van der Waals surface area contributed by atoms with Gasteiger partial charge in [-0.05, 0) is 41.7 Å². The van der Waals surface area contributed by atoms with Gasteiger partial charge >= 0.3 is 0 Å². The second-order valence-corrected chi connectivity index (χ2v) is 7.80. The Bertz CT molecular complexity index is 995. The molecular weight excluding hydrogens is 338 g/mol. The minimum Gasteiger partial charge on any atom is -0.495 e. The number of aromatic nitrogens is 1. The number of pyridine rings is 1. The predicted octanol–water partition coefficient (Wildman–Crippen LogP) is 4.70. The van der Waals surface area contributed by atoms with Gasteiger partial charge in [0.15, 0.2) is 0 Å². The Balaban J connectivity index is 1.82. The molecule has 0 saturated heterocycles. The van der Waals surface area contributed by atoms with Crippen molar-refractivity contribution in [2.75, 3.05) is 13.7 Å². The van der Waals surface area contributed by atoms with E-state index in [4.69, 9.17) is 9.47 Å². The van der Waals surface area contributed by atoms with Crippen molar-refractivity contribution >= 4 is 10.9 Å². The molecular formula is C23H27NO3. The highest BCUT2D eigenvalue weighted by molar-refractivity contribution is 5.87. The molecule has 0 aliphatic heterocycles. The molecule has 0 aliphatic rings. The molecule has 3 rings (SSSR count). The van der Waals surface area contributed by atoms with Gasteiger partial charge in [-0.15, -0.1) is 0 Å². The molecule has 0 radical (unpaired) electrons. The Kier molecular flexibility index (Phi) is 5.26. The lowest BCUT2D eigenvalue weighted by Crippen LogP contribution is -2.23. The van der Waals surface area contributed by atoms with Crippen molar-refractivity contribution in [1.82, 2.24) is 4.57 Å². The van der Waals surface area contributed by atoms with E-state index in [1.54, 1.807) is 17.7 Å². The van der Waals surface area contributed by atoms with Crippen molar-refractivity contribution in [3.8, 4) is 11.5 Å². The van der Waals surface area contributed by atoms with Crippen LogP contribution in [0.1, 0.15) is 31.9 Å². The fraction of sp³-hybridized carbons (Fsp3) is 0.348. The molecule has 0 fully saturated rings. The van der Waals surface area contributed by atoms with Crippen LogP contribution in [0, 0.1) is 6.92 Å². The van der Waals surface area contributed by atoms with E-state index in [2.05, 4.69) is 32.9 Å². The number of ether oxygens (including phenoxy) is 2. The molecule has 142 valence electrons. The average Bonchev–Trinajstić information content (AvgIpc) is 2.63. The van der Waals surface area contributed by atoms with Gasteiger partial charge in [0.1, 0.15) is 18.1 Å². The Hall–Kier alpha value is -2.75. The third-order valence-electron chi connectivity index (χ3n) is 4.82. The highest BCUT2D eigenvalue weighted by Crippen LogP contribution is 2.27. The summed E-state index contributed by atoms with van der Waals surface area (Å²) < 4.78 is 13.1. The van der Waals surface area contributed by atoms with E-state index >= 15 is 0 Å². The number of methoxy groups -OCH3 is 1. The fourth-order valence-corrected chi connectivity index (χ4v) is 3.26. The van der Waals surface area contributed by atoms with Crippen LogP contribution in [-0.2, 0) is 12.0 Å². The summed E-state index contributed by atoms with van der Waals surface area (Å²) in [5, 5.41) is 1.02. The topological polar surface area (TPSA) is 40.5 Å². The second kappa shape index (κ2) is 7.47. The molecule has 3 aromatic rings. The van der Waals surface area contributed by atoms with E-state index in [0.29, 0.717) is 18.9 Å². The number of hydrogen-bond acceptors (Lipinski definition) is 3. The minimum absolute atomic E-state index is 0.0452. The summed E-state index contributed by atoms with van der Waals surface area (Å²) >= 11 is 0. The Labute approximate surface area is 160 Å². The molecule has 0 unspecified atom stereocenters. The zero-order chi connectivity index (χ0) is 19.6. The Morgan fingerprint density at radius 2 is 1.74 bits per heavy atom. The quantitative estimate of drug-likeness (QED) is 0.658. The lowest BCUT2D eigenvalue weighted by atomic mass is 9.87. The van der Waals surface area contributed by atoms with Gasteiger partial charge in [-0.25, -0.2) is 0 Å². The maximum absolute atomic E-state index is 12.6. The molecule has 1 heterocycles. The second-order valence-electron chi connectivity index (χ2n) is 7.80. The standard InChI is InChI=1S/C23H27NO3/c1-16-15-21(25)24(22-19(16)7-6-8-20(22)26-5)13-14-27-18-11-9-17(10-12-18)23(2,3)4/h6-12,15H,13-14H2,1-5H3. The summed E-state index contributed by atoms with van der Waals surface area (Å²) in [6, 6.07) is 15.6. The van der Waals surface area contributed by atoms with Crippen molar-refractivity contribution in [2.45, 2.75) is 39.7 Å². The molecule has 4 heteroatoms. The molecule has 27 heavy (non-hydrogen) atoms. The van der Waals surface area contributed by atoms with E-state index in [1.165, 1.54) is 5.56 Å². The number of aryl methyl sites for hydroxylation is 1. The SMILES string of the molecule is COc1cccc2c(C)cc(=O)n(CCOc3ccc(C(C)(C)C)cc3)c12. The first-order valence-electron chi connectivity index (χ1n) is 9.22. The van der Waals surface area contributed by atoms with E-state index in [0.717, 1.165) is 22.2 Å². The first-order chi connectivity index (χ1) is 12.8. The molecule has 0 N–H and O–H groups in total. The van der Waals surface area contributed by atoms with Crippen molar-refractivity contribution < 1.29 is 9.47 Å². The first kappa shape index (κ1) is 19.0. The zero-order valence-corrected chi connectivity index (χ0v) is 16.7. The van der Waals surface area contributed by atoms with Crippen molar-refractivity contribution in [3.63, 3.8) is 0 Å². The highest BCUT2D eigenvalue weighted by atomic mass is 16.5. The van der Waals surface area contributed by atoms with Crippen LogP contribution in [0.3, 0.4) is 0 Å². The van der Waals surface area contributed by atoms with Crippen LogP contribution < -0.4 is 15.0 Å². The summed E-state index contributed by atoms with van der Waals surface area (Å²) in [6.07, 6.45) is 0. The van der Waals surface area contributed by atoms with E-state index < -0.39 is 0 Å². The minimum atomic E-state index is -0.0452. The third kappa shape index (κ3) is 4.00. The Morgan fingerprint density at radius 3 is 2.37 bits per heavy atom. The molecule has 0 spiro atoms. The van der Waals surface area contributed by atoms with Crippen LogP contribution >= 0.6 is 0 Å². The Morgan fingerprint density at radius 1 is 1.04 bits per heavy atom. The van der Waals surface area contributed by atoms with Gasteiger partial charge in [-0.2, -0.15) is 0 Å². The van der Waals surface area contributed by atoms with Gasteiger partial charge < -0.3 is 14.0 Å². The van der Waals surface area contributed by atoms with Crippen LogP contribution in [0.15, 0.2) is 53.3 Å². The molecule has 0 bridgehead atoms. The van der Waals surface area contributed by atoms with Crippen LogP contribution in [-0.4, -0.2) is 18.3 Å². The van der Waals surface area contributed by atoms with Crippen LogP contribution in [0.25, 0.3) is 10.9 Å². The van der Waals surface area contributed by atoms with Crippen LogP contribution in [0.5, 0.6) is 11.5 Å². The lowest BCUT2D eigenvalue weighted by Gasteiger charge is -2.19. The van der Waals surface area contributed by atoms with Crippen LogP contribution in [0.4, 0.5) is 0 Å². The smallest absolute Gasteiger partial charge is 0.251 e. The fourth-order valence-electron chi connectivity index (χ4n) is 3.26. The predicted molar refractivity (Wildman–Crippen MR) is 110 cm³/mol. The average molecular weight is 365 g/mol. The van der Waals surface area contributed by atoms with Crippen molar-refractivity contribution in [2.24, 2.45) is 0 Å². The van der Waals surface area contributed by atoms with E-state index in [9.17, 15) is 4.79 Å². The lowest BCUT2D eigenvalue weighted by molar-refractivity contribution is 0.297. The van der Waals surface area contributed by atoms with E-state index in [1.807, 2.05) is 37.3 Å².